The number of aromatic amines is 1. The van der Waals surface area contributed by atoms with Crippen LogP contribution in [0.25, 0.3) is 0 Å². The zero-order valence-corrected chi connectivity index (χ0v) is 13.6. The standard InChI is InChI=1S/C15H25N3O2S/c1-11-3-4-12(2)18(10-11)21(19,20)15-7-14(17-9-15)8-16-13-5-6-13/h7,9,11-13,16-17H,3-6,8,10H2,1-2H3. The van der Waals surface area contributed by atoms with E-state index in [1.54, 1.807) is 16.6 Å². The highest BCUT2D eigenvalue weighted by atomic mass is 32.2. The summed E-state index contributed by atoms with van der Waals surface area (Å²) in [4.78, 5) is 3.49. The van der Waals surface area contributed by atoms with Crippen LogP contribution in [0.2, 0.25) is 0 Å². The summed E-state index contributed by atoms with van der Waals surface area (Å²) >= 11 is 0. The first-order valence-electron chi connectivity index (χ1n) is 7.89. The van der Waals surface area contributed by atoms with Crippen molar-refractivity contribution in [3.05, 3.63) is 18.0 Å². The van der Waals surface area contributed by atoms with Crippen molar-refractivity contribution in [2.24, 2.45) is 5.92 Å². The Hall–Kier alpha value is -0.850. The lowest BCUT2D eigenvalue weighted by Crippen LogP contribution is -2.44. The van der Waals surface area contributed by atoms with E-state index in [9.17, 15) is 8.42 Å². The third-order valence-electron chi connectivity index (χ3n) is 4.54. The van der Waals surface area contributed by atoms with E-state index in [4.69, 9.17) is 0 Å². The molecule has 2 aliphatic rings. The summed E-state index contributed by atoms with van der Waals surface area (Å²) in [7, 11) is -3.37. The quantitative estimate of drug-likeness (QED) is 0.875. The molecule has 118 valence electrons. The van der Waals surface area contributed by atoms with Crippen LogP contribution >= 0.6 is 0 Å². The van der Waals surface area contributed by atoms with E-state index >= 15 is 0 Å². The minimum atomic E-state index is -3.37. The molecule has 1 aliphatic heterocycles. The van der Waals surface area contributed by atoms with E-state index < -0.39 is 10.0 Å². The summed E-state index contributed by atoms with van der Waals surface area (Å²) in [6, 6.07) is 2.49. The van der Waals surface area contributed by atoms with Crippen molar-refractivity contribution in [2.45, 2.75) is 63.1 Å². The second kappa shape index (κ2) is 5.74. The van der Waals surface area contributed by atoms with E-state index in [2.05, 4.69) is 17.2 Å². The first-order chi connectivity index (χ1) is 9.96. The Morgan fingerprint density at radius 3 is 2.76 bits per heavy atom. The van der Waals surface area contributed by atoms with E-state index in [0.717, 1.165) is 18.5 Å². The van der Waals surface area contributed by atoms with Crippen LogP contribution in [0.5, 0.6) is 0 Å². The first-order valence-corrected chi connectivity index (χ1v) is 9.33. The largest absolute Gasteiger partial charge is 0.363 e. The Morgan fingerprint density at radius 1 is 1.29 bits per heavy atom. The van der Waals surface area contributed by atoms with Gasteiger partial charge in [-0.2, -0.15) is 4.31 Å². The van der Waals surface area contributed by atoms with Gasteiger partial charge in [0.2, 0.25) is 10.0 Å². The van der Waals surface area contributed by atoms with E-state index in [1.807, 2.05) is 6.92 Å². The van der Waals surface area contributed by atoms with Crippen LogP contribution in [0.4, 0.5) is 0 Å². The number of rotatable bonds is 5. The topological polar surface area (TPSA) is 65.2 Å². The lowest BCUT2D eigenvalue weighted by atomic mass is 9.97. The van der Waals surface area contributed by atoms with Crippen LogP contribution in [-0.2, 0) is 16.6 Å². The molecule has 3 rings (SSSR count). The maximum absolute atomic E-state index is 12.8. The van der Waals surface area contributed by atoms with E-state index in [-0.39, 0.29) is 6.04 Å². The van der Waals surface area contributed by atoms with Gasteiger partial charge in [-0.25, -0.2) is 8.42 Å². The van der Waals surface area contributed by atoms with Crippen LogP contribution < -0.4 is 5.32 Å². The molecule has 2 fully saturated rings. The lowest BCUT2D eigenvalue weighted by Gasteiger charge is -2.35. The van der Waals surface area contributed by atoms with Crippen LogP contribution in [0, 0.1) is 5.92 Å². The Morgan fingerprint density at radius 2 is 2.05 bits per heavy atom. The molecule has 5 nitrogen and oxygen atoms in total. The third kappa shape index (κ3) is 3.33. The van der Waals surface area contributed by atoms with Gasteiger partial charge in [-0.1, -0.05) is 6.92 Å². The molecule has 2 unspecified atom stereocenters. The number of nitrogens with zero attached hydrogens (tertiary/aromatic N) is 1. The molecule has 1 aromatic heterocycles. The zero-order chi connectivity index (χ0) is 15.0. The maximum atomic E-state index is 12.8. The lowest BCUT2D eigenvalue weighted by molar-refractivity contribution is 0.218. The van der Waals surface area contributed by atoms with Gasteiger partial charge in [-0.05, 0) is 44.6 Å². The minimum absolute atomic E-state index is 0.0918. The summed E-state index contributed by atoms with van der Waals surface area (Å²) in [6.07, 6.45) is 6.15. The molecular weight excluding hydrogens is 286 g/mol. The predicted molar refractivity (Wildman–Crippen MR) is 82.4 cm³/mol. The number of sulfonamides is 1. The molecule has 1 aliphatic carbocycles. The second-order valence-corrected chi connectivity index (χ2v) is 8.51. The molecule has 2 heterocycles. The molecule has 1 aromatic rings. The van der Waals surface area contributed by atoms with Crippen molar-refractivity contribution in [1.29, 1.82) is 0 Å². The van der Waals surface area contributed by atoms with Crippen molar-refractivity contribution in [3.8, 4) is 0 Å². The smallest absolute Gasteiger partial charge is 0.244 e. The number of hydrogen-bond acceptors (Lipinski definition) is 3. The average Bonchev–Trinajstić information content (AvgIpc) is 3.15. The molecule has 0 radical (unpaired) electrons. The molecule has 1 saturated heterocycles. The summed E-state index contributed by atoms with van der Waals surface area (Å²) in [5.74, 6) is 0.436. The molecule has 2 N–H and O–H groups in total. The Balaban J connectivity index is 1.73. The predicted octanol–water partition coefficient (Wildman–Crippen LogP) is 2.08. The number of H-pyrrole nitrogens is 1. The summed E-state index contributed by atoms with van der Waals surface area (Å²) in [6.45, 7) is 5.47. The normalized spacial score (nSPS) is 27.9. The van der Waals surface area contributed by atoms with E-state index in [0.29, 0.717) is 29.9 Å². The van der Waals surface area contributed by atoms with Gasteiger partial charge in [0.05, 0.1) is 4.90 Å². The molecule has 2 atom stereocenters. The number of piperidine rings is 1. The molecule has 0 aromatic carbocycles. The zero-order valence-electron chi connectivity index (χ0n) is 12.8. The Labute approximate surface area is 127 Å². The van der Waals surface area contributed by atoms with Crippen LogP contribution in [0.1, 0.15) is 45.2 Å². The maximum Gasteiger partial charge on any atom is 0.244 e. The second-order valence-electron chi connectivity index (χ2n) is 6.62. The van der Waals surface area contributed by atoms with Crippen molar-refractivity contribution >= 4 is 10.0 Å². The van der Waals surface area contributed by atoms with Crippen molar-refractivity contribution < 1.29 is 8.42 Å². The van der Waals surface area contributed by atoms with Gasteiger partial charge >= 0.3 is 0 Å². The monoisotopic (exact) mass is 311 g/mol. The summed E-state index contributed by atoms with van der Waals surface area (Å²) in [5, 5.41) is 3.39. The average molecular weight is 311 g/mol. The fourth-order valence-electron chi connectivity index (χ4n) is 2.93. The number of hydrogen-bond donors (Lipinski definition) is 2. The van der Waals surface area contributed by atoms with Gasteiger partial charge < -0.3 is 10.3 Å². The van der Waals surface area contributed by atoms with Gasteiger partial charge in [0.1, 0.15) is 0 Å². The Kier molecular flexibility index (Phi) is 4.12. The molecule has 6 heteroatoms. The minimum Gasteiger partial charge on any atom is -0.363 e. The number of aromatic nitrogens is 1. The van der Waals surface area contributed by atoms with Gasteiger partial charge in [0.15, 0.2) is 0 Å². The van der Waals surface area contributed by atoms with Crippen molar-refractivity contribution in [2.75, 3.05) is 6.54 Å². The van der Waals surface area contributed by atoms with Crippen molar-refractivity contribution in [3.63, 3.8) is 0 Å². The summed E-state index contributed by atoms with van der Waals surface area (Å²) < 4.78 is 27.3. The molecule has 0 spiro atoms. The van der Waals surface area contributed by atoms with Crippen LogP contribution in [0.15, 0.2) is 17.2 Å². The molecule has 1 saturated carbocycles. The van der Waals surface area contributed by atoms with Gasteiger partial charge in [0.25, 0.3) is 0 Å². The SMILES string of the molecule is CC1CCC(C)N(S(=O)(=O)c2c[nH]c(CNC3CC3)c2)C1. The molecular formula is C15H25N3O2S. The highest BCUT2D eigenvalue weighted by Crippen LogP contribution is 2.28. The fourth-order valence-corrected chi connectivity index (χ4v) is 4.73. The molecule has 21 heavy (non-hydrogen) atoms. The van der Waals surface area contributed by atoms with Crippen molar-refractivity contribution in [1.82, 2.24) is 14.6 Å². The van der Waals surface area contributed by atoms with Gasteiger partial charge in [-0.3, -0.25) is 0 Å². The molecule has 0 amide bonds. The first kappa shape index (κ1) is 15.1. The highest BCUT2D eigenvalue weighted by Gasteiger charge is 2.34. The van der Waals surface area contributed by atoms with Gasteiger partial charge in [-0.15, -0.1) is 0 Å². The van der Waals surface area contributed by atoms with Crippen LogP contribution in [-0.4, -0.2) is 36.3 Å². The molecule has 0 bridgehead atoms. The van der Waals surface area contributed by atoms with Crippen LogP contribution in [0.3, 0.4) is 0 Å². The fraction of sp³-hybridized carbons (Fsp3) is 0.733. The van der Waals surface area contributed by atoms with Gasteiger partial charge in [0, 0.05) is 37.1 Å². The number of nitrogens with one attached hydrogen (secondary N) is 2. The Bertz CT molecular complexity index is 592. The van der Waals surface area contributed by atoms with E-state index in [1.165, 1.54) is 12.8 Å². The highest BCUT2D eigenvalue weighted by molar-refractivity contribution is 7.89. The summed E-state index contributed by atoms with van der Waals surface area (Å²) in [5.41, 5.74) is 0.943. The third-order valence-corrected chi connectivity index (χ3v) is 6.50.